The average Bonchev–Trinajstić information content (AvgIpc) is 3.09. The molecule has 4 atom stereocenters. The molecule has 2 aromatic rings. The van der Waals surface area contributed by atoms with Crippen LogP contribution in [0.4, 0.5) is 5.82 Å². The first kappa shape index (κ1) is 18.3. The molecule has 2 aromatic heterocycles. The first-order valence-electron chi connectivity index (χ1n) is 7.23. The number of imidazole rings is 1. The highest BCUT2D eigenvalue weighted by molar-refractivity contribution is 9.09. The predicted molar refractivity (Wildman–Crippen MR) is 90.2 cm³/mol. The molecule has 0 bridgehead atoms. The standard InChI is InChI=1S/C13H15BrClN5O5/c1-5(22)24-9-7(14)6(3-21)25-12(9)20-4-16-8-10(19-23-2)17-13(15)18-11(8)20/h4,6-7,9,12,21H,3H2,1-2H3,(H,17,18,19)/t6-,7-,9-,12-/m1/s1. The molecular weight excluding hydrogens is 422 g/mol. The zero-order valence-electron chi connectivity index (χ0n) is 13.2. The number of anilines is 1. The molecule has 3 heterocycles. The lowest BCUT2D eigenvalue weighted by Crippen LogP contribution is -2.32. The number of alkyl halides is 1. The molecular formula is C13H15BrClN5O5. The van der Waals surface area contributed by atoms with Crippen molar-refractivity contribution in [3.63, 3.8) is 0 Å². The van der Waals surface area contributed by atoms with E-state index in [9.17, 15) is 9.90 Å². The van der Waals surface area contributed by atoms with Crippen molar-refractivity contribution in [2.45, 2.75) is 30.2 Å². The number of rotatable bonds is 5. The van der Waals surface area contributed by atoms with E-state index in [1.165, 1.54) is 20.4 Å². The van der Waals surface area contributed by atoms with Gasteiger partial charge in [-0.1, -0.05) is 15.9 Å². The van der Waals surface area contributed by atoms with Gasteiger partial charge in [0.2, 0.25) is 5.28 Å². The third-order valence-electron chi connectivity index (χ3n) is 3.61. The van der Waals surface area contributed by atoms with Crippen LogP contribution in [0.25, 0.3) is 11.2 Å². The molecule has 0 unspecified atom stereocenters. The van der Waals surface area contributed by atoms with Crippen LogP contribution in [0.1, 0.15) is 13.2 Å². The van der Waals surface area contributed by atoms with Crippen LogP contribution in [-0.2, 0) is 19.1 Å². The van der Waals surface area contributed by atoms with E-state index < -0.39 is 29.2 Å². The second-order valence-corrected chi connectivity index (χ2v) is 6.63. The smallest absolute Gasteiger partial charge is 0.303 e. The summed E-state index contributed by atoms with van der Waals surface area (Å²) in [7, 11) is 1.43. The van der Waals surface area contributed by atoms with E-state index in [0.717, 1.165) is 0 Å². The quantitative estimate of drug-likeness (QED) is 0.306. The highest BCUT2D eigenvalue weighted by Crippen LogP contribution is 2.38. The van der Waals surface area contributed by atoms with Crippen LogP contribution in [-0.4, -0.2) is 61.3 Å². The molecule has 0 aliphatic carbocycles. The molecule has 1 fully saturated rings. The van der Waals surface area contributed by atoms with Crippen LogP contribution >= 0.6 is 27.5 Å². The molecule has 12 heteroatoms. The number of hydrogen-bond donors (Lipinski definition) is 2. The van der Waals surface area contributed by atoms with Gasteiger partial charge < -0.3 is 14.6 Å². The largest absolute Gasteiger partial charge is 0.456 e. The normalized spacial score (nSPS) is 26.1. The second kappa shape index (κ2) is 7.38. The highest BCUT2D eigenvalue weighted by Gasteiger charge is 2.46. The van der Waals surface area contributed by atoms with E-state index in [-0.39, 0.29) is 17.7 Å². The third kappa shape index (κ3) is 3.42. The Bertz CT molecular complexity index is 790. The number of esters is 1. The number of nitrogens with zero attached hydrogens (tertiary/aromatic N) is 4. The summed E-state index contributed by atoms with van der Waals surface area (Å²) < 4.78 is 12.8. The summed E-state index contributed by atoms with van der Waals surface area (Å²) in [6.07, 6.45) is -0.547. The summed E-state index contributed by atoms with van der Waals surface area (Å²) >= 11 is 9.38. The van der Waals surface area contributed by atoms with Crippen molar-refractivity contribution in [1.29, 1.82) is 0 Å². The predicted octanol–water partition coefficient (Wildman–Crippen LogP) is 1.04. The summed E-state index contributed by atoms with van der Waals surface area (Å²) in [5, 5.41) is 9.46. The minimum Gasteiger partial charge on any atom is -0.456 e. The summed E-state index contributed by atoms with van der Waals surface area (Å²) in [6.45, 7) is 1.05. The van der Waals surface area contributed by atoms with E-state index in [1.807, 2.05) is 0 Å². The Kier molecular flexibility index (Phi) is 5.39. The maximum atomic E-state index is 11.5. The molecule has 136 valence electrons. The summed E-state index contributed by atoms with van der Waals surface area (Å²) in [4.78, 5) is 28.3. The molecule has 0 aromatic carbocycles. The first-order valence-corrected chi connectivity index (χ1v) is 8.52. The lowest BCUT2D eigenvalue weighted by Gasteiger charge is -2.21. The van der Waals surface area contributed by atoms with Crippen LogP contribution in [0, 0.1) is 0 Å². The molecule has 1 aliphatic heterocycles. The number of carbonyl (C=O) groups is 1. The van der Waals surface area contributed by atoms with Crippen LogP contribution in [0.3, 0.4) is 0 Å². The number of carbonyl (C=O) groups excluding carboxylic acids is 1. The Morgan fingerprint density at radius 1 is 1.56 bits per heavy atom. The van der Waals surface area contributed by atoms with Crippen molar-refractivity contribution in [1.82, 2.24) is 19.5 Å². The zero-order valence-corrected chi connectivity index (χ0v) is 15.6. The number of nitrogens with one attached hydrogen (secondary N) is 1. The van der Waals surface area contributed by atoms with Gasteiger partial charge in [0.1, 0.15) is 0 Å². The summed E-state index contributed by atoms with van der Waals surface area (Å²) in [6, 6.07) is 0. The van der Waals surface area contributed by atoms with Gasteiger partial charge in [0.05, 0.1) is 31.0 Å². The molecule has 10 nitrogen and oxygen atoms in total. The van der Waals surface area contributed by atoms with Crippen LogP contribution in [0.15, 0.2) is 6.33 Å². The summed E-state index contributed by atoms with van der Waals surface area (Å²) in [5.74, 6) is -0.187. The van der Waals surface area contributed by atoms with Gasteiger partial charge in [0.25, 0.3) is 0 Å². The Labute approximate surface area is 155 Å². The Hall–Kier alpha value is -1.53. The Morgan fingerprint density at radius 3 is 2.96 bits per heavy atom. The zero-order chi connectivity index (χ0) is 18.1. The minimum atomic E-state index is -0.753. The van der Waals surface area contributed by atoms with Gasteiger partial charge in [-0.15, -0.1) is 0 Å². The van der Waals surface area contributed by atoms with Crippen molar-refractivity contribution < 1.29 is 24.2 Å². The number of aromatic nitrogens is 4. The number of ether oxygens (including phenoxy) is 2. The Morgan fingerprint density at radius 2 is 2.32 bits per heavy atom. The van der Waals surface area contributed by atoms with Gasteiger partial charge in [0.15, 0.2) is 29.3 Å². The molecule has 1 aliphatic rings. The van der Waals surface area contributed by atoms with E-state index in [4.69, 9.17) is 25.9 Å². The van der Waals surface area contributed by atoms with Gasteiger partial charge in [-0.3, -0.25) is 14.2 Å². The van der Waals surface area contributed by atoms with Gasteiger partial charge in [0, 0.05) is 6.92 Å². The fraction of sp³-hybridized carbons (Fsp3) is 0.538. The molecule has 0 amide bonds. The van der Waals surface area contributed by atoms with Gasteiger partial charge >= 0.3 is 5.97 Å². The molecule has 0 saturated carbocycles. The molecule has 2 N–H and O–H groups in total. The number of aliphatic hydroxyl groups is 1. The van der Waals surface area contributed by atoms with E-state index in [2.05, 4.69) is 36.4 Å². The van der Waals surface area contributed by atoms with Gasteiger partial charge in [-0.25, -0.2) is 10.5 Å². The topological polar surface area (TPSA) is 121 Å². The maximum Gasteiger partial charge on any atom is 0.303 e. The lowest BCUT2D eigenvalue weighted by molar-refractivity contribution is -0.152. The van der Waals surface area contributed by atoms with Crippen molar-refractivity contribution in [2.75, 3.05) is 19.2 Å². The van der Waals surface area contributed by atoms with Crippen molar-refractivity contribution in [3.05, 3.63) is 11.6 Å². The monoisotopic (exact) mass is 435 g/mol. The van der Waals surface area contributed by atoms with Crippen molar-refractivity contribution in [3.8, 4) is 0 Å². The summed E-state index contributed by atoms with van der Waals surface area (Å²) in [5.41, 5.74) is 3.34. The second-order valence-electron chi connectivity index (χ2n) is 5.24. The highest BCUT2D eigenvalue weighted by atomic mass is 79.9. The molecule has 1 saturated heterocycles. The van der Waals surface area contributed by atoms with Crippen LogP contribution in [0.5, 0.6) is 0 Å². The lowest BCUT2D eigenvalue weighted by atomic mass is 10.2. The van der Waals surface area contributed by atoms with Gasteiger partial charge in [-0.2, -0.15) is 9.97 Å². The molecule has 0 radical (unpaired) electrons. The number of fused-ring (bicyclic) bond motifs is 1. The van der Waals surface area contributed by atoms with Crippen molar-refractivity contribution >= 4 is 50.5 Å². The molecule has 25 heavy (non-hydrogen) atoms. The van der Waals surface area contributed by atoms with E-state index in [0.29, 0.717) is 11.2 Å². The number of halogens is 2. The number of aliphatic hydroxyl groups excluding tert-OH is 1. The first-order chi connectivity index (χ1) is 12.0. The molecule has 3 rings (SSSR count). The molecule has 0 spiro atoms. The number of hydrogen-bond acceptors (Lipinski definition) is 9. The van der Waals surface area contributed by atoms with Crippen molar-refractivity contribution in [2.24, 2.45) is 0 Å². The minimum absolute atomic E-state index is 0.0232. The maximum absolute atomic E-state index is 11.5. The fourth-order valence-corrected chi connectivity index (χ4v) is 3.45. The van der Waals surface area contributed by atoms with E-state index >= 15 is 0 Å². The SMILES string of the molecule is CONc1nc(Cl)nc2c1ncn2[C@@H]1O[C@H](CO)[C@@H](Br)[C@H]1OC(C)=O. The van der Waals surface area contributed by atoms with E-state index in [1.54, 1.807) is 4.57 Å². The average molecular weight is 437 g/mol. The fourth-order valence-electron chi connectivity index (χ4n) is 2.63. The van der Waals surface area contributed by atoms with Crippen LogP contribution in [0.2, 0.25) is 5.28 Å². The van der Waals surface area contributed by atoms with Crippen LogP contribution < -0.4 is 5.48 Å². The Balaban J connectivity index is 2.06. The third-order valence-corrected chi connectivity index (χ3v) is 4.89. The van der Waals surface area contributed by atoms with Gasteiger partial charge in [-0.05, 0) is 11.6 Å².